The fourth-order valence-corrected chi connectivity index (χ4v) is 4.76. The SMILES string of the molecule is Cc1cc(C2(C)CCC(C)(C)CC2)ccc1-c1ccc(CC(C)(C)C)c[n+]1C. The molecule has 0 spiro atoms. The molecular formula is C27H40N+. The van der Waals surface area contributed by atoms with Gasteiger partial charge in [0.25, 0.3) is 0 Å². The van der Waals surface area contributed by atoms with Crippen LogP contribution in [0.15, 0.2) is 36.5 Å². The molecule has 0 N–H and O–H groups in total. The molecule has 0 saturated heterocycles. The summed E-state index contributed by atoms with van der Waals surface area (Å²) < 4.78 is 2.30. The summed E-state index contributed by atoms with van der Waals surface area (Å²) >= 11 is 0. The van der Waals surface area contributed by atoms with Crippen LogP contribution in [0.4, 0.5) is 0 Å². The van der Waals surface area contributed by atoms with Crippen molar-refractivity contribution in [2.45, 2.75) is 86.0 Å². The van der Waals surface area contributed by atoms with E-state index in [2.05, 4.69) is 96.6 Å². The first-order valence-electron chi connectivity index (χ1n) is 11.0. The molecule has 3 rings (SSSR count). The Morgan fingerprint density at radius 3 is 2.11 bits per heavy atom. The van der Waals surface area contributed by atoms with Gasteiger partial charge < -0.3 is 0 Å². The molecule has 1 fully saturated rings. The average Bonchev–Trinajstić information content (AvgIpc) is 2.57. The van der Waals surface area contributed by atoms with E-state index in [4.69, 9.17) is 0 Å². The van der Waals surface area contributed by atoms with E-state index in [0.29, 0.717) is 16.2 Å². The topological polar surface area (TPSA) is 3.88 Å². The second-order valence-electron chi connectivity index (χ2n) is 11.5. The zero-order valence-electron chi connectivity index (χ0n) is 19.4. The third-order valence-corrected chi connectivity index (χ3v) is 6.84. The Balaban J connectivity index is 1.87. The van der Waals surface area contributed by atoms with Gasteiger partial charge in [-0.25, -0.2) is 4.57 Å². The van der Waals surface area contributed by atoms with Crippen LogP contribution in [-0.2, 0) is 18.9 Å². The first-order valence-corrected chi connectivity index (χ1v) is 11.0. The normalized spacial score (nSPS) is 18.9. The van der Waals surface area contributed by atoms with E-state index in [-0.39, 0.29) is 0 Å². The quantitative estimate of drug-likeness (QED) is 0.510. The molecule has 0 amide bonds. The molecular weight excluding hydrogens is 338 g/mol. The molecule has 1 nitrogen and oxygen atoms in total. The van der Waals surface area contributed by atoms with Crippen LogP contribution in [-0.4, -0.2) is 0 Å². The lowest BCUT2D eigenvalue weighted by Gasteiger charge is -2.42. The molecule has 152 valence electrons. The van der Waals surface area contributed by atoms with E-state index in [1.165, 1.54) is 53.6 Å². The van der Waals surface area contributed by atoms with Gasteiger partial charge in [-0.05, 0) is 78.5 Å². The molecule has 2 aromatic rings. The molecule has 0 aliphatic heterocycles. The zero-order chi connectivity index (χ0) is 20.7. The van der Waals surface area contributed by atoms with Crippen LogP contribution in [0.2, 0.25) is 0 Å². The fraction of sp³-hybridized carbons (Fsp3) is 0.593. The molecule has 28 heavy (non-hydrogen) atoms. The molecule has 0 radical (unpaired) electrons. The van der Waals surface area contributed by atoms with Crippen LogP contribution in [0.1, 0.15) is 83.9 Å². The largest absolute Gasteiger partial charge is 0.212 e. The molecule has 1 heteroatoms. The van der Waals surface area contributed by atoms with Gasteiger partial charge in [-0.15, -0.1) is 0 Å². The summed E-state index contributed by atoms with van der Waals surface area (Å²) in [6, 6.07) is 11.8. The van der Waals surface area contributed by atoms with Gasteiger partial charge in [0.05, 0.1) is 0 Å². The van der Waals surface area contributed by atoms with Gasteiger partial charge in [-0.1, -0.05) is 53.7 Å². The maximum Gasteiger partial charge on any atom is 0.212 e. The summed E-state index contributed by atoms with van der Waals surface area (Å²) in [4.78, 5) is 0. The first-order chi connectivity index (χ1) is 12.9. The number of benzene rings is 1. The van der Waals surface area contributed by atoms with E-state index < -0.39 is 0 Å². The van der Waals surface area contributed by atoms with E-state index in [1.54, 1.807) is 0 Å². The molecule has 1 aliphatic rings. The Bertz CT molecular complexity index is 841. The van der Waals surface area contributed by atoms with E-state index in [0.717, 1.165) is 6.42 Å². The lowest BCUT2D eigenvalue weighted by molar-refractivity contribution is -0.660. The van der Waals surface area contributed by atoms with Gasteiger partial charge in [0.15, 0.2) is 6.20 Å². The Morgan fingerprint density at radius 1 is 0.929 bits per heavy atom. The van der Waals surface area contributed by atoms with Crippen molar-refractivity contribution in [3.63, 3.8) is 0 Å². The van der Waals surface area contributed by atoms with Gasteiger partial charge >= 0.3 is 0 Å². The minimum absolute atomic E-state index is 0.316. The Hall–Kier alpha value is -1.63. The van der Waals surface area contributed by atoms with Crippen LogP contribution < -0.4 is 4.57 Å². The van der Waals surface area contributed by atoms with Crippen LogP contribution in [0.5, 0.6) is 0 Å². The summed E-state index contributed by atoms with van der Waals surface area (Å²) in [7, 11) is 2.18. The standard InChI is InChI=1S/C27H40N/c1-20-17-22(27(7)15-13-26(5,6)14-16-27)10-11-23(20)24-12-9-21(19-28(24)8)18-25(2,3)4/h9-12,17,19H,13-16,18H2,1-8H3/q+1. The summed E-state index contributed by atoms with van der Waals surface area (Å²) in [5, 5.41) is 0. The van der Waals surface area contributed by atoms with Crippen molar-refractivity contribution in [3.05, 3.63) is 53.2 Å². The predicted molar refractivity (Wildman–Crippen MR) is 121 cm³/mol. The average molecular weight is 379 g/mol. The number of hydrogen-bond donors (Lipinski definition) is 0. The van der Waals surface area contributed by atoms with E-state index in [1.807, 2.05) is 0 Å². The van der Waals surface area contributed by atoms with Crippen molar-refractivity contribution >= 4 is 0 Å². The van der Waals surface area contributed by atoms with Crippen LogP contribution >= 0.6 is 0 Å². The maximum absolute atomic E-state index is 2.47. The number of pyridine rings is 1. The third kappa shape index (κ3) is 4.67. The summed E-state index contributed by atoms with van der Waals surface area (Å²) in [5.41, 5.74) is 8.14. The highest BCUT2D eigenvalue weighted by Gasteiger charge is 2.36. The number of hydrogen-bond acceptors (Lipinski definition) is 0. The van der Waals surface area contributed by atoms with E-state index in [9.17, 15) is 0 Å². The zero-order valence-corrected chi connectivity index (χ0v) is 19.4. The van der Waals surface area contributed by atoms with Gasteiger partial charge in [0.2, 0.25) is 5.69 Å². The van der Waals surface area contributed by atoms with Crippen LogP contribution in [0, 0.1) is 17.8 Å². The molecule has 0 atom stereocenters. The summed E-state index contributed by atoms with van der Waals surface area (Å²) in [6.45, 7) is 16.5. The Labute approximate surface area is 173 Å². The van der Waals surface area contributed by atoms with Gasteiger partial charge in [0, 0.05) is 17.2 Å². The van der Waals surface area contributed by atoms with Gasteiger partial charge in [0.1, 0.15) is 7.05 Å². The van der Waals surface area contributed by atoms with E-state index >= 15 is 0 Å². The minimum Gasteiger partial charge on any atom is -0.201 e. The third-order valence-electron chi connectivity index (χ3n) is 6.84. The highest BCUT2D eigenvalue weighted by atomic mass is 14.9. The smallest absolute Gasteiger partial charge is 0.201 e. The molecule has 0 bridgehead atoms. The predicted octanol–water partition coefficient (Wildman–Crippen LogP) is 6.93. The number of aryl methyl sites for hydroxylation is 2. The fourth-order valence-electron chi connectivity index (χ4n) is 4.76. The molecule has 1 aromatic heterocycles. The molecule has 1 heterocycles. The summed E-state index contributed by atoms with van der Waals surface area (Å²) in [6.07, 6.45) is 8.66. The van der Waals surface area contributed by atoms with Crippen LogP contribution in [0.25, 0.3) is 11.3 Å². The van der Waals surface area contributed by atoms with Gasteiger partial charge in [-0.2, -0.15) is 0 Å². The molecule has 0 unspecified atom stereocenters. The first kappa shape index (κ1) is 21.1. The highest BCUT2D eigenvalue weighted by molar-refractivity contribution is 5.62. The number of nitrogens with zero attached hydrogens (tertiary/aromatic N) is 1. The Kier molecular flexibility index (Phi) is 5.51. The number of rotatable bonds is 3. The monoisotopic (exact) mass is 378 g/mol. The highest BCUT2D eigenvalue weighted by Crippen LogP contribution is 2.46. The summed E-state index contributed by atoms with van der Waals surface area (Å²) in [5.74, 6) is 0. The molecule has 1 aromatic carbocycles. The second-order valence-corrected chi connectivity index (χ2v) is 11.5. The Morgan fingerprint density at radius 2 is 1.57 bits per heavy atom. The van der Waals surface area contributed by atoms with Crippen LogP contribution in [0.3, 0.4) is 0 Å². The molecule has 1 saturated carbocycles. The molecule has 1 aliphatic carbocycles. The maximum atomic E-state index is 2.47. The van der Waals surface area contributed by atoms with Crippen molar-refractivity contribution in [2.24, 2.45) is 17.9 Å². The lowest BCUT2D eigenvalue weighted by Crippen LogP contribution is -2.33. The van der Waals surface area contributed by atoms with Crippen molar-refractivity contribution in [1.82, 2.24) is 0 Å². The number of aromatic nitrogens is 1. The lowest BCUT2D eigenvalue weighted by atomic mass is 9.63. The van der Waals surface area contributed by atoms with Crippen molar-refractivity contribution in [3.8, 4) is 11.3 Å². The van der Waals surface area contributed by atoms with Gasteiger partial charge in [-0.3, -0.25) is 0 Å². The van der Waals surface area contributed by atoms with Crippen molar-refractivity contribution in [2.75, 3.05) is 0 Å². The van der Waals surface area contributed by atoms with Crippen molar-refractivity contribution in [1.29, 1.82) is 0 Å². The van der Waals surface area contributed by atoms with Crippen molar-refractivity contribution < 1.29 is 4.57 Å². The minimum atomic E-state index is 0.316. The second kappa shape index (κ2) is 7.32.